The van der Waals surface area contributed by atoms with Crippen LogP contribution < -0.4 is 16.1 Å². The summed E-state index contributed by atoms with van der Waals surface area (Å²) in [6.07, 6.45) is 3.21. The van der Waals surface area contributed by atoms with Crippen molar-refractivity contribution in [3.63, 3.8) is 0 Å². The molecule has 0 saturated carbocycles. The second kappa shape index (κ2) is 8.85. The van der Waals surface area contributed by atoms with E-state index in [1.165, 1.54) is 42.2 Å². The number of nitrogens with zero attached hydrogens (tertiary/aromatic N) is 5. The molecule has 0 N–H and O–H groups in total. The molecule has 0 unspecified atom stereocenters. The minimum Gasteiger partial charge on any atom is -0.467 e. The molecule has 9 nitrogen and oxygen atoms in total. The number of benzene rings is 1. The molecule has 3 aromatic heterocycles. The van der Waals surface area contributed by atoms with Gasteiger partial charge in [-0.15, -0.1) is 0 Å². The molecule has 11 heteroatoms. The largest absolute Gasteiger partial charge is 0.467 e. The predicted molar refractivity (Wildman–Crippen MR) is 116 cm³/mol. The number of rotatable bonds is 7. The molecular weight excluding hydrogens is 436 g/mol. The third-order valence-corrected chi connectivity index (χ3v) is 5.40. The monoisotopic (exact) mass is 457 g/mol. The van der Waals surface area contributed by atoms with Crippen molar-refractivity contribution in [2.24, 2.45) is 14.1 Å². The lowest BCUT2D eigenvalue weighted by molar-refractivity contribution is -0.119. The minimum absolute atomic E-state index is 0.0171. The van der Waals surface area contributed by atoms with E-state index >= 15 is 0 Å². The molecule has 0 aliphatic heterocycles. The lowest BCUT2D eigenvalue weighted by atomic mass is 10.2. The molecule has 0 saturated heterocycles. The van der Waals surface area contributed by atoms with Gasteiger partial charge in [0.25, 0.3) is 5.56 Å². The summed E-state index contributed by atoms with van der Waals surface area (Å²) in [5, 5.41) is 0. The van der Waals surface area contributed by atoms with Crippen LogP contribution in [0.15, 0.2) is 56.9 Å². The smallest absolute Gasteiger partial charge is 0.332 e. The zero-order valence-electron chi connectivity index (χ0n) is 18.0. The number of hydrogen-bond acceptors (Lipinski definition) is 5. The Balaban J connectivity index is 1.55. The van der Waals surface area contributed by atoms with Crippen molar-refractivity contribution in [3.8, 4) is 0 Å². The number of hydrogen-bond donors (Lipinski definition) is 0. The van der Waals surface area contributed by atoms with Gasteiger partial charge in [-0.25, -0.2) is 18.6 Å². The zero-order valence-corrected chi connectivity index (χ0v) is 18.0. The van der Waals surface area contributed by atoms with Crippen molar-refractivity contribution in [1.82, 2.24) is 18.7 Å². The Bertz CT molecular complexity index is 1440. The highest BCUT2D eigenvalue weighted by molar-refractivity contribution is 5.93. The number of furan rings is 1. The summed E-state index contributed by atoms with van der Waals surface area (Å²) >= 11 is 0. The third kappa shape index (κ3) is 4.21. The van der Waals surface area contributed by atoms with Gasteiger partial charge in [-0.3, -0.25) is 18.7 Å². The zero-order chi connectivity index (χ0) is 23.7. The SMILES string of the molecule is Cn1c(=O)c2c(ncn2CCCC(=O)N(Cc2ccco2)c2ccc(F)cc2F)n(C)c1=O. The molecule has 33 heavy (non-hydrogen) atoms. The lowest BCUT2D eigenvalue weighted by Crippen LogP contribution is -2.37. The number of anilines is 1. The summed E-state index contributed by atoms with van der Waals surface area (Å²) in [5.74, 6) is -1.57. The van der Waals surface area contributed by atoms with Crippen LogP contribution in [-0.2, 0) is 32.0 Å². The number of amides is 1. The number of imidazole rings is 1. The fourth-order valence-electron chi connectivity index (χ4n) is 3.67. The Morgan fingerprint density at radius 3 is 2.64 bits per heavy atom. The molecule has 0 aliphatic rings. The number of halogens is 2. The average molecular weight is 457 g/mol. The molecule has 0 atom stereocenters. The van der Waals surface area contributed by atoms with Crippen molar-refractivity contribution in [3.05, 3.63) is 81.2 Å². The first-order valence-electron chi connectivity index (χ1n) is 10.2. The summed E-state index contributed by atoms with van der Waals surface area (Å²) < 4.78 is 36.9. The highest BCUT2D eigenvalue weighted by Crippen LogP contribution is 2.24. The highest BCUT2D eigenvalue weighted by atomic mass is 19.1. The van der Waals surface area contributed by atoms with E-state index < -0.39 is 28.8 Å². The van der Waals surface area contributed by atoms with Crippen molar-refractivity contribution in [2.45, 2.75) is 25.9 Å². The van der Waals surface area contributed by atoms with Gasteiger partial charge in [0, 0.05) is 33.1 Å². The fraction of sp³-hybridized carbons (Fsp3) is 0.273. The summed E-state index contributed by atoms with van der Waals surface area (Å²) in [5.41, 5.74) is -0.520. The minimum atomic E-state index is -0.861. The van der Waals surface area contributed by atoms with E-state index in [2.05, 4.69) is 4.98 Å². The molecule has 3 heterocycles. The molecule has 1 aromatic carbocycles. The number of carbonyl (C=O) groups is 1. The number of fused-ring (bicyclic) bond motifs is 1. The molecular formula is C22H21F2N5O4. The molecule has 0 spiro atoms. The van der Waals surface area contributed by atoms with E-state index in [9.17, 15) is 23.2 Å². The van der Waals surface area contributed by atoms with Crippen LogP contribution in [0.2, 0.25) is 0 Å². The maximum atomic E-state index is 14.4. The third-order valence-electron chi connectivity index (χ3n) is 5.40. The second-order valence-electron chi connectivity index (χ2n) is 7.57. The Kier molecular flexibility index (Phi) is 5.95. The summed E-state index contributed by atoms with van der Waals surface area (Å²) in [4.78, 5) is 43.0. The number of aromatic nitrogens is 4. The standard InChI is InChI=1S/C22H21F2N5O4/c1-26-20-19(21(31)27(2)22(26)32)28(13-25-20)9-3-6-18(30)29(12-15-5-4-10-33-15)17-8-7-14(23)11-16(17)24/h4-5,7-8,10-11,13H,3,6,9,12H2,1-2H3. The lowest BCUT2D eigenvalue weighted by Gasteiger charge is -2.22. The Hall–Kier alpha value is -4.02. The van der Waals surface area contributed by atoms with Crippen LogP contribution in [0.1, 0.15) is 18.6 Å². The van der Waals surface area contributed by atoms with Crippen LogP contribution in [0.4, 0.5) is 14.5 Å². The number of aryl methyl sites for hydroxylation is 2. The first-order chi connectivity index (χ1) is 15.8. The first-order valence-corrected chi connectivity index (χ1v) is 10.2. The van der Waals surface area contributed by atoms with Gasteiger partial charge < -0.3 is 13.9 Å². The van der Waals surface area contributed by atoms with E-state index in [0.717, 1.165) is 16.7 Å². The maximum absolute atomic E-state index is 14.4. The van der Waals surface area contributed by atoms with E-state index in [1.807, 2.05) is 0 Å². The Morgan fingerprint density at radius 1 is 1.15 bits per heavy atom. The predicted octanol–water partition coefficient (Wildman–Crippen LogP) is 2.32. The van der Waals surface area contributed by atoms with Gasteiger partial charge in [-0.2, -0.15) is 0 Å². The number of carbonyl (C=O) groups excluding carboxylic acids is 1. The maximum Gasteiger partial charge on any atom is 0.332 e. The van der Waals surface area contributed by atoms with E-state index in [4.69, 9.17) is 4.42 Å². The van der Waals surface area contributed by atoms with Crippen molar-refractivity contribution < 1.29 is 18.0 Å². The Labute approximate surface area is 186 Å². The summed E-state index contributed by atoms with van der Waals surface area (Å²) in [7, 11) is 2.91. The topological polar surface area (TPSA) is 95.3 Å². The van der Waals surface area contributed by atoms with Crippen LogP contribution in [0.5, 0.6) is 0 Å². The van der Waals surface area contributed by atoms with Gasteiger partial charge in [-0.1, -0.05) is 0 Å². The molecule has 4 aromatic rings. The quantitative estimate of drug-likeness (QED) is 0.425. The molecule has 0 aliphatic carbocycles. The second-order valence-corrected chi connectivity index (χ2v) is 7.57. The van der Waals surface area contributed by atoms with Gasteiger partial charge >= 0.3 is 5.69 Å². The van der Waals surface area contributed by atoms with Crippen LogP contribution >= 0.6 is 0 Å². The molecule has 0 bridgehead atoms. The average Bonchev–Trinajstić information content (AvgIpc) is 3.45. The van der Waals surface area contributed by atoms with Gasteiger partial charge in [0.1, 0.15) is 17.4 Å². The molecule has 1 amide bonds. The van der Waals surface area contributed by atoms with Crippen LogP contribution in [0.3, 0.4) is 0 Å². The molecule has 172 valence electrons. The van der Waals surface area contributed by atoms with Gasteiger partial charge in [-0.05, 0) is 30.7 Å². The van der Waals surface area contributed by atoms with Crippen LogP contribution in [0.25, 0.3) is 11.2 Å². The van der Waals surface area contributed by atoms with E-state index in [1.54, 1.807) is 16.7 Å². The molecule has 4 rings (SSSR count). The summed E-state index contributed by atoms with van der Waals surface area (Å²) in [6, 6.07) is 6.31. The van der Waals surface area contributed by atoms with Gasteiger partial charge in [0.2, 0.25) is 5.91 Å². The van der Waals surface area contributed by atoms with Crippen molar-refractivity contribution >= 4 is 22.8 Å². The van der Waals surface area contributed by atoms with Gasteiger partial charge in [0.15, 0.2) is 11.2 Å². The highest BCUT2D eigenvalue weighted by Gasteiger charge is 2.21. The normalized spacial score (nSPS) is 11.3. The van der Waals surface area contributed by atoms with E-state index in [-0.39, 0.29) is 36.4 Å². The fourth-order valence-corrected chi connectivity index (χ4v) is 3.67. The molecule has 0 radical (unpaired) electrons. The van der Waals surface area contributed by atoms with Gasteiger partial charge in [0.05, 0.1) is 24.8 Å². The van der Waals surface area contributed by atoms with Crippen LogP contribution in [-0.4, -0.2) is 24.6 Å². The van der Waals surface area contributed by atoms with Crippen molar-refractivity contribution in [1.29, 1.82) is 0 Å². The van der Waals surface area contributed by atoms with Crippen molar-refractivity contribution in [2.75, 3.05) is 4.90 Å². The Morgan fingerprint density at radius 2 is 1.94 bits per heavy atom. The first kappa shape index (κ1) is 22.2. The summed E-state index contributed by atoms with van der Waals surface area (Å²) in [6.45, 7) is 0.251. The van der Waals surface area contributed by atoms with Crippen LogP contribution in [0, 0.1) is 11.6 Å². The van der Waals surface area contributed by atoms with E-state index in [0.29, 0.717) is 12.2 Å². The molecule has 0 fully saturated rings.